The summed E-state index contributed by atoms with van der Waals surface area (Å²) >= 11 is 1.48. The fourth-order valence-electron chi connectivity index (χ4n) is 2.84. The molecule has 8 heteroatoms. The molecule has 1 aliphatic heterocycles. The summed E-state index contributed by atoms with van der Waals surface area (Å²) in [4.78, 5) is 11.5. The summed E-state index contributed by atoms with van der Waals surface area (Å²) in [6, 6.07) is 5.12. The third kappa shape index (κ3) is 3.37. The summed E-state index contributed by atoms with van der Waals surface area (Å²) in [6.45, 7) is 3.75. The van der Waals surface area contributed by atoms with Crippen LogP contribution in [0.1, 0.15) is 30.1 Å². The van der Waals surface area contributed by atoms with Crippen molar-refractivity contribution in [3.8, 4) is 0 Å². The van der Waals surface area contributed by atoms with E-state index in [1.165, 1.54) is 11.8 Å². The van der Waals surface area contributed by atoms with E-state index in [2.05, 4.69) is 15.5 Å². The van der Waals surface area contributed by atoms with Gasteiger partial charge in [0, 0.05) is 36.0 Å². The summed E-state index contributed by atoms with van der Waals surface area (Å²) in [7, 11) is 1.98. The molecule has 1 aromatic heterocycles. The van der Waals surface area contributed by atoms with Crippen LogP contribution < -0.4 is 5.32 Å². The van der Waals surface area contributed by atoms with Crippen molar-refractivity contribution in [3.63, 3.8) is 0 Å². The SMILES string of the molecule is Cc1cc(Sc2nnc(C3CCCNC3)n2C)ccc1[N+](=O)[O-]. The largest absolute Gasteiger partial charge is 0.316 e. The number of aromatic nitrogens is 3. The zero-order chi connectivity index (χ0) is 16.4. The van der Waals surface area contributed by atoms with Crippen LogP contribution in [0, 0.1) is 17.0 Å². The van der Waals surface area contributed by atoms with Gasteiger partial charge in [0.05, 0.1) is 4.92 Å². The minimum atomic E-state index is -0.361. The maximum Gasteiger partial charge on any atom is 0.272 e. The number of piperidine rings is 1. The lowest BCUT2D eigenvalue weighted by Crippen LogP contribution is -2.29. The summed E-state index contributed by atoms with van der Waals surface area (Å²) in [5, 5.41) is 23.7. The summed E-state index contributed by atoms with van der Waals surface area (Å²) in [5.41, 5.74) is 0.792. The Kier molecular flexibility index (Phi) is 4.63. The minimum absolute atomic E-state index is 0.140. The number of nitro benzene ring substituents is 1. The first kappa shape index (κ1) is 15.9. The smallest absolute Gasteiger partial charge is 0.272 e. The molecule has 1 unspecified atom stereocenters. The Hall–Kier alpha value is -1.93. The van der Waals surface area contributed by atoms with Crippen LogP contribution in [0.2, 0.25) is 0 Å². The van der Waals surface area contributed by atoms with Gasteiger partial charge < -0.3 is 9.88 Å². The third-order valence-electron chi connectivity index (χ3n) is 4.10. The lowest BCUT2D eigenvalue weighted by Gasteiger charge is -2.21. The monoisotopic (exact) mass is 333 g/mol. The topological polar surface area (TPSA) is 85.9 Å². The van der Waals surface area contributed by atoms with Crippen LogP contribution in [0.3, 0.4) is 0 Å². The Labute approximate surface area is 138 Å². The molecule has 3 rings (SSSR count). The van der Waals surface area contributed by atoms with Gasteiger partial charge in [-0.05, 0) is 50.2 Å². The van der Waals surface area contributed by atoms with Gasteiger partial charge in [-0.25, -0.2) is 0 Å². The molecule has 1 atom stereocenters. The second-order valence-electron chi connectivity index (χ2n) is 5.75. The van der Waals surface area contributed by atoms with Crippen LogP contribution in [0.25, 0.3) is 0 Å². The average Bonchev–Trinajstić information content (AvgIpc) is 2.89. The van der Waals surface area contributed by atoms with E-state index in [-0.39, 0.29) is 10.6 Å². The maximum absolute atomic E-state index is 10.9. The second kappa shape index (κ2) is 6.67. The molecular weight excluding hydrogens is 314 g/mol. The van der Waals surface area contributed by atoms with E-state index < -0.39 is 0 Å². The fraction of sp³-hybridized carbons (Fsp3) is 0.467. The van der Waals surface area contributed by atoms with Crippen molar-refractivity contribution in [1.29, 1.82) is 0 Å². The number of hydrogen-bond donors (Lipinski definition) is 1. The van der Waals surface area contributed by atoms with Crippen molar-refractivity contribution in [1.82, 2.24) is 20.1 Å². The predicted octanol–water partition coefficient (Wildman–Crippen LogP) is 2.65. The molecular formula is C15H19N5O2S. The van der Waals surface area contributed by atoms with Crippen LogP contribution in [0.5, 0.6) is 0 Å². The van der Waals surface area contributed by atoms with Gasteiger partial charge in [0.25, 0.3) is 5.69 Å². The highest BCUT2D eigenvalue weighted by Crippen LogP contribution is 2.31. The molecule has 2 aromatic rings. The average molecular weight is 333 g/mol. The molecule has 1 saturated heterocycles. The van der Waals surface area contributed by atoms with Gasteiger partial charge in [0.2, 0.25) is 0 Å². The Morgan fingerprint density at radius 1 is 1.43 bits per heavy atom. The standard InChI is InChI=1S/C15H19N5O2S/c1-10-8-12(5-6-13(10)20(21)22)23-15-18-17-14(19(15)2)11-4-3-7-16-9-11/h5-6,8,11,16H,3-4,7,9H2,1-2H3. The number of nitro groups is 1. The third-order valence-corrected chi connectivity index (χ3v) is 5.13. The molecule has 2 heterocycles. The van der Waals surface area contributed by atoms with Gasteiger partial charge in [0.15, 0.2) is 5.16 Å². The molecule has 23 heavy (non-hydrogen) atoms. The number of benzene rings is 1. The maximum atomic E-state index is 10.9. The van der Waals surface area contributed by atoms with E-state index in [4.69, 9.17) is 0 Å². The summed E-state index contributed by atoms with van der Waals surface area (Å²) < 4.78 is 2.03. The quantitative estimate of drug-likeness (QED) is 0.684. The molecule has 0 aliphatic carbocycles. The summed E-state index contributed by atoms with van der Waals surface area (Å²) in [5.74, 6) is 1.40. The molecule has 7 nitrogen and oxygen atoms in total. The molecule has 1 aromatic carbocycles. The lowest BCUT2D eigenvalue weighted by atomic mass is 9.99. The van der Waals surface area contributed by atoms with E-state index >= 15 is 0 Å². The normalized spacial score (nSPS) is 18.1. The number of nitrogens with one attached hydrogen (secondary N) is 1. The first-order valence-corrected chi connectivity index (χ1v) is 8.41. The van der Waals surface area contributed by atoms with Crippen LogP contribution in [-0.2, 0) is 7.05 Å². The highest BCUT2D eigenvalue weighted by atomic mass is 32.2. The van der Waals surface area contributed by atoms with Gasteiger partial charge in [-0.15, -0.1) is 10.2 Å². The molecule has 122 valence electrons. The number of aryl methyl sites for hydroxylation is 1. The lowest BCUT2D eigenvalue weighted by molar-refractivity contribution is -0.385. The minimum Gasteiger partial charge on any atom is -0.316 e. The molecule has 0 saturated carbocycles. The predicted molar refractivity (Wildman–Crippen MR) is 87.8 cm³/mol. The van der Waals surface area contributed by atoms with Crippen molar-refractivity contribution >= 4 is 17.4 Å². The molecule has 1 aliphatic rings. The van der Waals surface area contributed by atoms with Crippen LogP contribution in [0.15, 0.2) is 28.3 Å². The van der Waals surface area contributed by atoms with Crippen molar-refractivity contribution in [2.75, 3.05) is 13.1 Å². The Balaban J connectivity index is 1.79. The zero-order valence-corrected chi connectivity index (χ0v) is 14.0. The van der Waals surface area contributed by atoms with Crippen LogP contribution >= 0.6 is 11.8 Å². The van der Waals surface area contributed by atoms with E-state index in [1.54, 1.807) is 19.1 Å². The zero-order valence-electron chi connectivity index (χ0n) is 13.2. The molecule has 0 amide bonds. The second-order valence-corrected chi connectivity index (χ2v) is 6.79. The number of hydrogen-bond acceptors (Lipinski definition) is 6. The molecule has 1 fully saturated rings. The van der Waals surface area contributed by atoms with Crippen LogP contribution in [-0.4, -0.2) is 32.8 Å². The van der Waals surface area contributed by atoms with Crippen LogP contribution in [0.4, 0.5) is 5.69 Å². The fourth-order valence-corrected chi connectivity index (χ4v) is 3.74. The van der Waals surface area contributed by atoms with E-state index in [0.29, 0.717) is 11.5 Å². The van der Waals surface area contributed by atoms with Gasteiger partial charge in [0.1, 0.15) is 5.82 Å². The Morgan fingerprint density at radius 3 is 2.91 bits per heavy atom. The first-order valence-electron chi connectivity index (χ1n) is 7.59. The van der Waals surface area contributed by atoms with Crippen molar-refractivity contribution in [2.24, 2.45) is 7.05 Å². The van der Waals surface area contributed by atoms with Gasteiger partial charge >= 0.3 is 0 Å². The summed E-state index contributed by atoms with van der Waals surface area (Å²) in [6.07, 6.45) is 2.28. The van der Waals surface area contributed by atoms with Gasteiger partial charge in [-0.3, -0.25) is 10.1 Å². The molecule has 0 radical (unpaired) electrons. The Morgan fingerprint density at radius 2 is 2.26 bits per heavy atom. The molecule has 1 N–H and O–H groups in total. The number of nitrogens with zero attached hydrogens (tertiary/aromatic N) is 4. The van der Waals surface area contributed by atoms with Crippen molar-refractivity contribution < 1.29 is 4.92 Å². The molecule has 0 bridgehead atoms. The van der Waals surface area contributed by atoms with Gasteiger partial charge in [-0.1, -0.05) is 0 Å². The highest BCUT2D eigenvalue weighted by molar-refractivity contribution is 7.99. The van der Waals surface area contributed by atoms with E-state index in [9.17, 15) is 10.1 Å². The molecule has 0 spiro atoms. The van der Waals surface area contributed by atoms with E-state index in [1.807, 2.05) is 17.7 Å². The van der Waals surface area contributed by atoms with Crippen molar-refractivity contribution in [3.05, 3.63) is 39.7 Å². The first-order chi connectivity index (χ1) is 11.1. The number of rotatable bonds is 4. The Bertz CT molecular complexity index is 725. The van der Waals surface area contributed by atoms with Crippen molar-refractivity contribution in [2.45, 2.75) is 35.7 Å². The highest BCUT2D eigenvalue weighted by Gasteiger charge is 2.22. The van der Waals surface area contributed by atoms with E-state index in [0.717, 1.165) is 41.8 Å². The van der Waals surface area contributed by atoms with Gasteiger partial charge in [-0.2, -0.15) is 0 Å².